The van der Waals surface area contributed by atoms with E-state index in [9.17, 15) is 4.79 Å². The normalized spacial score (nSPS) is 27.4. The van der Waals surface area contributed by atoms with Gasteiger partial charge in [-0.1, -0.05) is 6.92 Å². The van der Waals surface area contributed by atoms with E-state index in [4.69, 9.17) is 0 Å². The molecule has 2 nitrogen and oxygen atoms in total. The van der Waals surface area contributed by atoms with Crippen LogP contribution in [0.4, 0.5) is 0 Å². The Bertz CT molecular complexity index is 167. The fourth-order valence-electron chi connectivity index (χ4n) is 1.91. The van der Waals surface area contributed by atoms with Crippen molar-refractivity contribution >= 4 is 5.78 Å². The molecular formula is C10H19NO. The number of hydrogen-bond acceptors (Lipinski definition) is 2. The van der Waals surface area contributed by atoms with Crippen LogP contribution in [-0.4, -0.2) is 29.8 Å². The number of carbonyl (C=O) groups excluding carboxylic acids is 1. The van der Waals surface area contributed by atoms with Gasteiger partial charge in [0.05, 0.1) is 0 Å². The smallest absolute Gasteiger partial charge is 0.131 e. The number of Topliss-reactive ketones (excluding diaryl/α,β-unsaturated/α-hetero) is 1. The van der Waals surface area contributed by atoms with Crippen LogP contribution in [-0.2, 0) is 4.79 Å². The minimum atomic E-state index is 0.307. The fourth-order valence-corrected chi connectivity index (χ4v) is 1.91. The molecule has 0 N–H and O–H groups in total. The molecule has 1 rings (SSSR count). The van der Waals surface area contributed by atoms with Crippen molar-refractivity contribution in [3.8, 4) is 0 Å². The van der Waals surface area contributed by atoms with E-state index in [0.717, 1.165) is 5.92 Å². The van der Waals surface area contributed by atoms with E-state index >= 15 is 0 Å². The molecule has 2 unspecified atom stereocenters. The molecule has 1 heterocycles. The maximum atomic E-state index is 10.9. The van der Waals surface area contributed by atoms with Gasteiger partial charge in [0.1, 0.15) is 5.78 Å². The lowest BCUT2D eigenvalue weighted by molar-refractivity contribution is -0.118. The Hall–Kier alpha value is -0.370. The molecule has 0 amide bonds. The molecule has 1 aliphatic heterocycles. The molecule has 2 heteroatoms. The van der Waals surface area contributed by atoms with Crippen LogP contribution < -0.4 is 0 Å². The second kappa shape index (κ2) is 4.04. The molecule has 0 spiro atoms. The van der Waals surface area contributed by atoms with Gasteiger partial charge in [-0.3, -0.25) is 9.69 Å². The second-order valence-corrected chi connectivity index (χ2v) is 4.14. The lowest BCUT2D eigenvalue weighted by Gasteiger charge is -2.22. The van der Waals surface area contributed by atoms with Gasteiger partial charge < -0.3 is 0 Å². The predicted molar refractivity (Wildman–Crippen MR) is 50.1 cm³/mol. The molecule has 2 atom stereocenters. The van der Waals surface area contributed by atoms with Crippen LogP contribution in [0, 0.1) is 5.92 Å². The van der Waals surface area contributed by atoms with E-state index in [1.54, 1.807) is 6.92 Å². The SMILES string of the molecule is CC(=O)CC(C)N1CCC(C)C1. The molecular weight excluding hydrogens is 150 g/mol. The van der Waals surface area contributed by atoms with Crippen molar-refractivity contribution in [1.29, 1.82) is 0 Å². The third-order valence-electron chi connectivity index (χ3n) is 2.66. The van der Waals surface area contributed by atoms with Gasteiger partial charge in [0.2, 0.25) is 0 Å². The molecule has 0 aromatic heterocycles. The highest BCUT2D eigenvalue weighted by Crippen LogP contribution is 2.18. The first-order valence-corrected chi connectivity index (χ1v) is 4.83. The summed E-state index contributed by atoms with van der Waals surface area (Å²) in [5, 5.41) is 0. The zero-order chi connectivity index (χ0) is 9.14. The number of rotatable bonds is 3. The molecule has 0 saturated carbocycles. The summed E-state index contributed by atoms with van der Waals surface area (Å²) in [5.74, 6) is 1.13. The van der Waals surface area contributed by atoms with E-state index in [0.29, 0.717) is 18.2 Å². The Balaban J connectivity index is 2.32. The molecule has 0 aromatic rings. The molecule has 0 radical (unpaired) electrons. The van der Waals surface area contributed by atoms with E-state index in [-0.39, 0.29) is 0 Å². The van der Waals surface area contributed by atoms with Gasteiger partial charge in [0.25, 0.3) is 0 Å². The summed E-state index contributed by atoms with van der Waals surface area (Å²) in [6, 6.07) is 0.451. The van der Waals surface area contributed by atoms with E-state index in [1.807, 2.05) is 0 Å². The standard InChI is InChI=1S/C10H19NO/c1-8-4-5-11(7-8)9(2)6-10(3)12/h8-9H,4-7H2,1-3H3. The fraction of sp³-hybridized carbons (Fsp3) is 0.900. The molecule has 1 fully saturated rings. The zero-order valence-electron chi connectivity index (χ0n) is 8.34. The lowest BCUT2D eigenvalue weighted by Crippen LogP contribution is -2.32. The van der Waals surface area contributed by atoms with Crippen LogP contribution >= 0.6 is 0 Å². The minimum Gasteiger partial charge on any atom is -0.300 e. The Labute approximate surface area is 74.9 Å². The molecule has 1 saturated heterocycles. The van der Waals surface area contributed by atoms with Gasteiger partial charge in [-0.2, -0.15) is 0 Å². The van der Waals surface area contributed by atoms with Crippen molar-refractivity contribution in [3.63, 3.8) is 0 Å². The highest BCUT2D eigenvalue weighted by atomic mass is 16.1. The summed E-state index contributed by atoms with van der Waals surface area (Å²) in [7, 11) is 0. The maximum absolute atomic E-state index is 10.9. The van der Waals surface area contributed by atoms with Crippen molar-refractivity contribution in [2.75, 3.05) is 13.1 Å². The van der Waals surface area contributed by atoms with Gasteiger partial charge in [-0.25, -0.2) is 0 Å². The number of carbonyl (C=O) groups is 1. The number of ketones is 1. The Morgan fingerprint density at radius 3 is 2.75 bits per heavy atom. The average molecular weight is 169 g/mol. The van der Waals surface area contributed by atoms with Crippen molar-refractivity contribution in [3.05, 3.63) is 0 Å². The van der Waals surface area contributed by atoms with Crippen LogP contribution in [0.1, 0.15) is 33.6 Å². The Morgan fingerprint density at radius 1 is 1.67 bits per heavy atom. The van der Waals surface area contributed by atoms with Crippen molar-refractivity contribution in [2.45, 2.75) is 39.7 Å². The summed E-state index contributed by atoms with van der Waals surface area (Å²) >= 11 is 0. The number of hydrogen-bond donors (Lipinski definition) is 0. The Morgan fingerprint density at radius 2 is 2.33 bits per heavy atom. The topological polar surface area (TPSA) is 20.3 Å². The summed E-state index contributed by atoms with van der Waals surface area (Å²) in [6.07, 6.45) is 2.01. The summed E-state index contributed by atoms with van der Waals surface area (Å²) in [5.41, 5.74) is 0. The zero-order valence-corrected chi connectivity index (χ0v) is 8.34. The van der Waals surface area contributed by atoms with E-state index < -0.39 is 0 Å². The second-order valence-electron chi connectivity index (χ2n) is 4.14. The summed E-state index contributed by atoms with van der Waals surface area (Å²) in [4.78, 5) is 13.3. The van der Waals surface area contributed by atoms with Crippen molar-refractivity contribution < 1.29 is 4.79 Å². The monoisotopic (exact) mass is 169 g/mol. The first-order valence-electron chi connectivity index (χ1n) is 4.83. The van der Waals surface area contributed by atoms with Gasteiger partial charge >= 0.3 is 0 Å². The van der Waals surface area contributed by atoms with Gasteiger partial charge in [0.15, 0.2) is 0 Å². The highest BCUT2D eigenvalue weighted by Gasteiger charge is 2.23. The van der Waals surface area contributed by atoms with Gasteiger partial charge in [-0.05, 0) is 32.7 Å². The quantitative estimate of drug-likeness (QED) is 0.641. The molecule has 0 aliphatic carbocycles. The molecule has 1 aliphatic rings. The lowest BCUT2D eigenvalue weighted by atomic mass is 10.1. The van der Waals surface area contributed by atoms with Crippen LogP contribution in [0.25, 0.3) is 0 Å². The molecule has 0 aromatic carbocycles. The third-order valence-corrected chi connectivity index (χ3v) is 2.66. The first-order chi connectivity index (χ1) is 5.59. The largest absolute Gasteiger partial charge is 0.300 e. The maximum Gasteiger partial charge on any atom is 0.131 e. The number of nitrogens with zero attached hydrogens (tertiary/aromatic N) is 1. The first kappa shape index (κ1) is 9.72. The van der Waals surface area contributed by atoms with Crippen LogP contribution in [0.5, 0.6) is 0 Å². The van der Waals surface area contributed by atoms with Crippen LogP contribution in [0.3, 0.4) is 0 Å². The molecule has 0 bridgehead atoms. The summed E-state index contributed by atoms with van der Waals surface area (Å²) < 4.78 is 0. The van der Waals surface area contributed by atoms with E-state index in [1.165, 1.54) is 19.5 Å². The van der Waals surface area contributed by atoms with Gasteiger partial charge in [-0.15, -0.1) is 0 Å². The van der Waals surface area contributed by atoms with E-state index in [2.05, 4.69) is 18.7 Å². The minimum absolute atomic E-state index is 0.307. The van der Waals surface area contributed by atoms with Crippen molar-refractivity contribution in [1.82, 2.24) is 4.90 Å². The number of likely N-dealkylation sites (tertiary alicyclic amines) is 1. The van der Waals surface area contributed by atoms with Gasteiger partial charge in [0, 0.05) is 19.0 Å². The summed E-state index contributed by atoms with van der Waals surface area (Å²) in [6.45, 7) is 8.46. The van der Waals surface area contributed by atoms with Crippen LogP contribution in [0.15, 0.2) is 0 Å². The van der Waals surface area contributed by atoms with Crippen LogP contribution in [0.2, 0.25) is 0 Å². The molecule has 70 valence electrons. The Kier molecular flexibility index (Phi) is 3.27. The highest BCUT2D eigenvalue weighted by molar-refractivity contribution is 5.76. The average Bonchev–Trinajstić information content (AvgIpc) is 2.34. The third kappa shape index (κ3) is 2.59. The predicted octanol–water partition coefficient (Wildman–Crippen LogP) is 1.70. The molecule has 12 heavy (non-hydrogen) atoms. The van der Waals surface area contributed by atoms with Crippen molar-refractivity contribution in [2.24, 2.45) is 5.92 Å².